The van der Waals surface area contributed by atoms with E-state index < -0.39 is 0 Å². The normalized spacial score (nSPS) is 30.3. The number of aromatic hydroxyl groups is 1. The number of piperidine rings is 1. The Balaban J connectivity index is 1.86. The number of phenols is 1. The first kappa shape index (κ1) is 14.4. The Morgan fingerprint density at radius 1 is 1.18 bits per heavy atom. The van der Waals surface area contributed by atoms with E-state index in [9.17, 15) is 5.11 Å². The molecule has 1 saturated heterocycles. The monoisotopic (exact) mass is 333 g/mol. The van der Waals surface area contributed by atoms with Crippen molar-refractivity contribution in [3.8, 4) is 5.75 Å². The second-order valence-electron chi connectivity index (χ2n) is 6.44. The molecule has 4 heteroatoms. The summed E-state index contributed by atoms with van der Waals surface area (Å²) >= 11 is 12.6. The molecule has 2 aromatic rings. The van der Waals surface area contributed by atoms with Crippen LogP contribution in [0.1, 0.15) is 23.5 Å². The van der Waals surface area contributed by atoms with Gasteiger partial charge in [0.25, 0.3) is 0 Å². The molecule has 2 aromatic carbocycles. The summed E-state index contributed by atoms with van der Waals surface area (Å²) in [4.78, 5) is 2.37. The third kappa shape index (κ3) is 1.91. The summed E-state index contributed by atoms with van der Waals surface area (Å²) in [5.41, 5.74) is 2.12. The van der Waals surface area contributed by atoms with Crippen LogP contribution in [0.2, 0.25) is 10.0 Å². The summed E-state index contributed by atoms with van der Waals surface area (Å²) < 4.78 is 0. The van der Waals surface area contributed by atoms with Gasteiger partial charge >= 0.3 is 0 Å². The lowest BCUT2D eigenvalue weighted by Gasteiger charge is -2.25. The molecule has 2 nitrogen and oxygen atoms in total. The van der Waals surface area contributed by atoms with Gasteiger partial charge in [0.2, 0.25) is 0 Å². The SMILES string of the molecule is CN1C[C@@H](c2cc(Cl)ccc2O)[C@]2(c3ccccc3Cl)C[C@H]12. The Bertz CT molecular complexity index is 748. The highest BCUT2D eigenvalue weighted by atomic mass is 35.5. The molecule has 0 aromatic heterocycles. The lowest BCUT2D eigenvalue weighted by Crippen LogP contribution is -2.21. The van der Waals surface area contributed by atoms with Gasteiger partial charge in [-0.1, -0.05) is 41.4 Å². The van der Waals surface area contributed by atoms with Crippen molar-refractivity contribution in [2.75, 3.05) is 13.6 Å². The van der Waals surface area contributed by atoms with Crippen molar-refractivity contribution in [3.05, 3.63) is 63.6 Å². The summed E-state index contributed by atoms with van der Waals surface area (Å²) in [6.07, 6.45) is 1.07. The fourth-order valence-electron chi connectivity index (χ4n) is 4.26. The van der Waals surface area contributed by atoms with Gasteiger partial charge in [-0.15, -0.1) is 0 Å². The standard InChI is InChI=1S/C18H17Cl2NO/c1-21-10-14(12-8-11(19)6-7-16(12)22)18(9-17(18)21)13-4-2-3-5-15(13)20/h2-8,14,17,22H,9-10H2,1H3/t14-,17-,18+/m0/s1. The van der Waals surface area contributed by atoms with Crippen LogP contribution < -0.4 is 0 Å². The highest BCUT2D eigenvalue weighted by Crippen LogP contribution is 2.66. The number of phenolic OH excluding ortho intramolecular Hbond substituents is 1. The second kappa shape index (κ2) is 4.89. The lowest BCUT2D eigenvalue weighted by atomic mass is 9.79. The van der Waals surface area contributed by atoms with Crippen molar-refractivity contribution >= 4 is 23.2 Å². The summed E-state index contributed by atoms with van der Waals surface area (Å²) in [6, 6.07) is 13.9. The molecule has 1 saturated carbocycles. The quantitative estimate of drug-likeness (QED) is 0.878. The predicted octanol–water partition coefficient (Wildman–Crippen LogP) is 4.44. The molecule has 0 radical (unpaired) electrons. The Morgan fingerprint density at radius 2 is 1.95 bits per heavy atom. The molecular weight excluding hydrogens is 317 g/mol. The number of rotatable bonds is 2. The third-order valence-electron chi connectivity index (χ3n) is 5.33. The summed E-state index contributed by atoms with van der Waals surface area (Å²) in [5, 5.41) is 11.8. The number of hydrogen-bond donors (Lipinski definition) is 1. The number of fused-ring (bicyclic) bond motifs is 1. The molecule has 0 bridgehead atoms. The zero-order chi connectivity index (χ0) is 15.5. The van der Waals surface area contributed by atoms with E-state index in [0.29, 0.717) is 16.8 Å². The van der Waals surface area contributed by atoms with E-state index in [1.807, 2.05) is 24.3 Å². The van der Waals surface area contributed by atoms with Gasteiger partial charge in [0.15, 0.2) is 0 Å². The van der Waals surface area contributed by atoms with E-state index in [4.69, 9.17) is 23.2 Å². The maximum absolute atomic E-state index is 10.3. The van der Waals surface area contributed by atoms with Crippen molar-refractivity contribution in [2.45, 2.75) is 23.8 Å². The van der Waals surface area contributed by atoms with E-state index in [0.717, 1.165) is 23.6 Å². The molecule has 4 rings (SSSR count). The second-order valence-corrected chi connectivity index (χ2v) is 7.28. The van der Waals surface area contributed by atoms with Gasteiger partial charge in [-0.25, -0.2) is 0 Å². The molecule has 1 aliphatic heterocycles. The molecule has 114 valence electrons. The van der Waals surface area contributed by atoms with Crippen LogP contribution in [-0.4, -0.2) is 29.6 Å². The van der Waals surface area contributed by atoms with Crippen LogP contribution in [0.5, 0.6) is 5.75 Å². The Hall–Kier alpha value is -1.22. The van der Waals surface area contributed by atoms with Crippen molar-refractivity contribution in [1.29, 1.82) is 0 Å². The molecule has 2 aliphatic rings. The van der Waals surface area contributed by atoms with Crippen molar-refractivity contribution < 1.29 is 5.11 Å². The van der Waals surface area contributed by atoms with E-state index in [-0.39, 0.29) is 11.3 Å². The number of halogens is 2. The largest absolute Gasteiger partial charge is 0.508 e. The van der Waals surface area contributed by atoms with E-state index in [2.05, 4.69) is 18.0 Å². The first-order chi connectivity index (χ1) is 10.5. The van der Waals surface area contributed by atoms with Crippen LogP contribution in [0.3, 0.4) is 0 Å². The van der Waals surface area contributed by atoms with Gasteiger partial charge in [-0.05, 0) is 43.3 Å². The zero-order valence-corrected chi connectivity index (χ0v) is 13.8. The van der Waals surface area contributed by atoms with Crippen LogP contribution in [0, 0.1) is 0 Å². The first-order valence-electron chi connectivity index (χ1n) is 7.47. The minimum Gasteiger partial charge on any atom is -0.508 e. The lowest BCUT2D eigenvalue weighted by molar-refractivity contribution is 0.356. The number of nitrogens with zero attached hydrogens (tertiary/aromatic N) is 1. The van der Waals surface area contributed by atoms with Crippen LogP contribution in [0.25, 0.3) is 0 Å². The smallest absolute Gasteiger partial charge is 0.119 e. The molecule has 2 fully saturated rings. The highest BCUT2D eigenvalue weighted by molar-refractivity contribution is 6.31. The van der Waals surface area contributed by atoms with Crippen LogP contribution >= 0.6 is 23.2 Å². The van der Waals surface area contributed by atoms with Gasteiger partial charge in [-0.3, -0.25) is 0 Å². The van der Waals surface area contributed by atoms with E-state index >= 15 is 0 Å². The fraction of sp³-hybridized carbons (Fsp3) is 0.333. The van der Waals surface area contributed by atoms with E-state index in [1.54, 1.807) is 12.1 Å². The maximum Gasteiger partial charge on any atom is 0.119 e. The molecule has 0 unspecified atom stereocenters. The fourth-order valence-corrected chi connectivity index (χ4v) is 4.75. The Labute approximate surface area is 140 Å². The van der Waals surface area contributed by atoms with Gasteiger partial charge in [0.05, 0.1) is 0 Å². The molecule has 1 aliphatic carbocycles. The van der Waals surface area contributed by atoms with Gasteiger partial charge in [-0.2, -0.15) is 0 Å². The minimum absolute atomic E-state index is 0.00471. The summed E-state index contributed by atoms with van der Waals surface area (Å²) in [7, 11) is 2.14. The number of hydrogen-bond acceptors (Lipinski definition) is 2. The van der Waals surface area contributed by atoms with Crippen LogP contribution in [0.4, 0.5) is 0 Å². The maximum atomic E-state index is 10.3. The van der Waals surface area contributed by atoms with Crippen molar-refractivity contribution in [1.82, 2.24) is 4.90 Å². The molecule has 0 amide bonds. The molecule has 0 spiro atoms. The summed E-state index contributed by atoms with van der Waals surface area (Å²) in [6.45, 7) is 0.907. The average Bonchev–Trinajstić information content (AvgIpc) is 3.18. The Morgan fingerprint density at radius 3 is 2.68 bits per heavy atom. The van der Waals surface area contributed by atoms with Gasteiger partial charge in [0.1, 0.15) is 5.75 Å². The minimum atomic E-state index is -0.00471. The zero-order valence-electron chi connectivity index (χ0n) is 12.3. The van der Waals surface area contributed by atoms with E-state index in [1.165, 1.54) is 5.56 Å². The third-order valence-corrected chi connectivity index (χ3v) is 5.90. The van der Waals surface area contributed by atoms with Gasteiger partial charge in [0, 0.05) is 39.5 Å². The number of likely N-dealkylation sites (tertiary alicyclic amines) is 1. The molecule has 1 heterocycles. The Kier molecular flexibility index (Phi) is 3.19. The van der Waals surface area contributed by atoms with Crippen molar-refractivity contribution in [2.24, 2.45) is 0 Å². The first-order valence-corrected chi connectivity index (χ1v) is 8.23. The molecule has 1 N–H and O–H groups in total. The molecular formula is C18H17Cl2NO. The number of benzene rings is 2. The van der Waals surface area contributed by atoms with Crippen LogP contribution in [-0.2, 0) is 5.41 Å². The van der Waals surface area contributed by atoms with Crippen LogP contribution in [0.15, 0.2) is 42.5 Å². The topological polar surface area (TPSA) is 23.5 Å². The highest BCUT2D eigenvalue weighted by Gasteiger charge is 2.67. The summed E-state index contributed by atoms with van der Waals surface area (Å²) in [5.74, 6) is 0.530. The predicted molar refractivity (Wildman–Crippen MR) is 90.0 cm³/mol. The number of likely N-dealkylation sites (N-methyl/N-ethyl adjacent to an activating group) is 1. The average molecular weight is 334 g/mol. The van der Waals surface area contributed by atoms with Crippen molar-refractivity contribution in [3.63, 3.8) is 0 Å². The molecule has 3 atom stereocenters. The molecule has 22 heavy (non-hydrogen) atoms. The van der Waals surface area contributed by atoms with Gasteiger partial charge < -0.3 is 10.0 Å².